The van der Waals surface area contributed by atoms with E-state index < -0.39 is 0 Å². The van der Waals surface area contributed by atoms with Crippen molar-refractivity contribution < 1.29 is 4.79 Å². The number of hydrogen-bond acceptors (Lipinski definition) is 2. The SMILES string of the molecule is CC1(C)CCCNC1CNC(=O)CC1CCCCC1.Cl. The number of amides is 1. The van der Waals surface area contributed by atoms with Crippen LogP contribution in [0.2, 0.25) is 0 Å². The number of rotatable bonds is 4. The molecule has 0 radical (unpaired) electrons. The second kappa shape index (κ2) is 8.23. The fourth-order valence-corrected chi connectivity index (χ4v) is 3.56. The lowest BCUT2D eigenvalue weighted by Gasteiger charge is -2.39. The van der Waals surface area contributed by atoms with Gasteiger partial charge in [0.05, 0.1) is 0 Å². The third-order valence-corrected chi connectivity index (χ3v) is 5.03. The number of piperidine rings is 1. The van der Waals surface area contributed by atoms with E-state index in [0.29, 0.717) is 17.4 Å². The van der Waals surface area contributed by atoms with Crippen LogP contribution >= 0.6 is 12.4 Å². The largest absolute Gasteiger partial charge is 0.355 e. The Morgan fingerprint density at radius 3 is 2.55 bits per heavy atom. The quantitative estimate of drug-likeness (QED) is 0.837. The molecule has 0 aromatic carbocycles. The molecule has 1 aliphatic carbocycles. The molecule has 1 saturated carbocycles. The molecule has 0 bridgehead atoms. The maximum absolute atomic E-state index is 12.0. The number of carbonyl (C=O) groups excluding carboxylic acids is 1. The molecule has 0 aromatic heterocycles. The van der Waals surface area contributed by atoms with E-state index in [1.807, 2.05) is 0 Å². The van der Waals surface area contributed by atoms with Crippen molar-refractivity contribution in [2.24, 2.45) is 11.3 Å². The van der Waals surface area contributed by atoms with Gasteiger partial charge in [-0.1, -0.05) is 33.1 Å². The van der Waals surface area contributed by atoms with Crippen LogP contribution in [-0.2, 0) is 4.79 Å². The van der Waals surface area contributed by atoms with E-state index in [9.17, 15) is 4.79 Å². The summed E-state index contributed by atoms with van der Waals surface area (Å²) in [6.45, 7) is 6.49. The Labute approximate surface area is 130 Å². The van der Waals surface area contributed by atoms with Crippen molar-refractivity contribution in [3.63, 3.8) is 0 Å². The van der Waals surface area contributed by atoms with Crippen molar-refractivity contribution in [2.75, 3.05) is 13.1 Å². The van der Waals surface area contributed by atoms with Crippen molar-refractivity contribution in [1.29, 1.82) is 0 Å². The maximum atomic E-state index is 12.0. The summed E-state index contributed by atoms with van der Waals surface area (Å²) in [6, 6.07) is 0.427. The molecular weight excluding hydrogens is 272 g/mol. The molecule has 1 aliphatic heterocycles. The standard InChI is InChI=1S/C16H30N2O.ClH/c1-16(2)9-6-10-17-14(16)12-18-15(19)11-13-7-4-3-5-8-13;/h13-14,17H,3-12H2,1-2H3,(H,18,19);1H. The Hall–Kier alpha value is -0.280. The predicted molar refractivity (Wildman–Crippen MR) is 86.3 cm³/mol. The lowest BCUT2D eigenvalue weighted by Crippen LogP contribution is -2.52. The summed E-state index contributed by atoms with van der Waals surface area (Å²) in [6.07, 6.45) is 9.74. The monoisotopic (exact) mass is 302 g/mol. The van der Waals surface area contributed by atoms with E-state index >= 15 is 0 Å². The smallest absolute Gasteiger partial charge is 0.220 e. The highest BCUT2D eigenvalue weighted by atomic mass is 35.5. The van der Waals surface area contributed by atoms with Crippen LogP contribution in [0.25, 0.3) is 0 Å². The second-order valence-corrected chi connectivity index (χ2v) is 7.11. The van der Waals surface area contributed by atoms with Crippen LogP contribution in [0.4, 0.5) is 0 Å². The fourth-order valence-electron chi connectivity index (χ4n) is 3.56. The van der Waals surface area contributed by atoms with E-state index in [2.05, 4.69) is 24.5 Å². The van der Waals surface area contributed by atoms with E-state index in [0.717, 1.165) is 19.5 Å². The van der Waals surface area contributed by atoms with E-state index in [4.69, 9.17) is 0 Å². The molecule has 2 N–H and O–H groups in total. The van der Waals surface area contributed by atoms with E-state index in [1.165, 1.54) is 44.9 Å². The third kappa shape index (κ3) is 5.25. The second-order valence-electron chi connectivity index (χ2n) is 7.11. The molecule has 118 valence electrons. The number of hydrogen-bond donors (Lipinski definition) is 2. The minimum absolute atomic E-state index is 0. The van der Waals surface area contributed by atoms with Gasteiger partial charge in [0, 0.05) is 19.0 Å². The molecule has 0 aromatic rings. The van der Waals surface area contributed by atoms with Crippen LogP contribution in [0.3, 0.4) is 0 Å². The zero-order valence-corrected chi connectivity index (χ0v) is 13.9. The van der Waals surface area contributed by atoms with E-state index in [1.54, 1.807) is 0 Å². The first-order valence-corrected chi connectivity index (χ1v) is 8.08. The lowest BCUT2D eigenvalue weighted by molar-refractivity contribution is -0.122. The molecule has 2 rings (SSSR count). The summed E-state index contributed by atoms with van der Waals surface area (Å²) in [5.41, 5.74) is 0.302. The minimum Gasteiger partial charge on any atom is -0.355 e. The maximum Gasteiger partial charge on any atom is 0.220 e. The Kier molecular flexibility index (Phi) is 7.32. The fraction of sp³-hybridized carbons (Fsp3) is 0.938. The Morgan fingerprint density at radius 1 is 1.20 bits per heavy atom. The Balaban J connectivity index is 0.00000200. The van der Waals surface area contributed by atoms with Crippen molar-refractivity contribution in [2.45, 2.75) is 71.3 Å². The molecule has 3 nitrogen and oxygen atoms in total. The highest BCUT2D eigenvalue weighted by Gasteiger charge is 2.32. The van der Waals surface area contributed by atoms with Crippen LogP contribution in [0, 0.1) is 11.3 Å². The average Bonchev–Trinajstić information content (AvgIpc) is 2.38. The molecule has 2 fully saturated rings. The highest BCUT2D eigenvalue weighted by molar-refractivity contribution is 5.85. The van der Waals surface area contributed by atoms with Gasteiger partial charge >= 0.3 is 0 Å². The van der Waals surface area contributed by atoms with E-state index in [-0.39, 0.29) is 18.3 Å². The van der Waals surface area contributed by atoms with Gasteiger partial charge in [-0.05, 0) is 43.6 Å². The van der Waals surface area contributed by atoms with Gasteiger partial charge in [0.25, 0.3) is 0 Å². The molecule has 1 heterocycles. The molecule has 0 spiro atoms. The summed E-state index contributed by atoms with van der Waals surface area (Å²) in [7, 11) is 0. The first-order valence-electron chi connectivity index (χ1n) is 8.08. The highest BCUT2D eigenvalue weighted by Crippen LogP contribution is 2.30. The molecule has 1 amide bonds. The van der Waals surface area contributed by atoms with Crippen LogP contribution in [0.5, 0.6) is 0 Å². The van der Waals surface area contributed by atoms with Gasteiger partial charge in [0.2, 0.25) is 5.91 Å². The lowest BCUT2D eigenvalue weighted by atomic mass is 9.77. The first-order chi connectivity index (χ1) is 9.08. The summed E-state index contributed by atoms with van der Waals surface area (Å²) < 4.78 is 0. The van der Waals surface area contributed by atoms with Gasteiger partial charge in [0.1, 0.15) is 0 Å². The first kappa shape index (κ1) is 17.8. The van der Waals surface area contributed by atoms with Crippen LogP contribution in [0.15, 0.2) is 0 Å². The summed E-state index contributed by atoms with van der Waals surface area (Å²) in [4.78, 5) is 12.0. The van der Waals surface area contributed by atoms with Crippen molar-refractivity contribution in [1.82, 2.24) is 10.6 Å². The molecule has 20 heavy (non-hydrogen) atoms. The van der Waals surface area contributed by atoms with Gasteiger partial charge in [-0.25, -0.2) is 0 Å². The van der Waals surface area contributed by atoms with Crippen LogP contribution < -0.4 is 10.6 Å². The zero-order chi connectivity index (χ0) is 13.7. The van der Waals surface area contributed by atoms with Gasteiger partial charge < -0.3 is 10.6 Å². The van der Waals surface area contributed by atoms with Crippen LogP contribution in [-0.4, -0.2) is 25.0 Å². The topological polar surface area (TPSA) is 41.1 Å². The molecule has 1 unspecified atom stereocenters. The number of nitrogens with one attached hydrogen (secondary N) is 2. The predicted octanol–water partition coefficient (Wildman–Crippen LogP) is 3.27. The zero-order valence-electron chi connectivity index (χ0n) is 13.0. The Morgan fingerprint density at radius 2 is 1.90 bits per heavy atom. The molecule has 1 saturated heterocycles. The van der Waals surface area contributed by atoms with Crippen LogP contribution in [0.1, 0.15) is 65.2 Å². The summed E-state index contributed by atoms with van der Waals surface area (Å²) >= 11 is 0. The van der Waals surface area contributed by atoms with Gasteiger partial charge in [0.15, 0.2) is 0 Å². The molecule has 4 heteroatoms. The van der Waals surface area contributed by atoms with Crippen molar-refractivity contribution >= 4 is 18.3 Å². The molecular formula is C16H31ClN2O. The molecule has 1 atom stereocenters. The average molecular weight is 303 g/mol. The minimum atomic E-state index is 0. The normalized spacial score (nSPS) is 26.6. The van der Waals surface area contributed by atoms with Crippen molar-refractivity contribution in [3.8, 4) is 0 Å². The van der Waals surface area contributed by atoms with Gasteiger partial charge in [-0.15, -0.1) is 12.4 Å². The number of carbonyl (C=O) groups is 1. The van der Waals surface area contributed by atoms with Gasteiger partial charge in [-0.3, -0.25) is 4.79 Å². The Bertz CT molecular complexity index is 301. The third-order valence-electron chi connectivity index (χ3n) is 5.03. The number of halogens is 1. The summed E-state index contributed by atoms with van der Waals surface area (Å²) in [5.74, 6) is 0.899. The summed E-state index contributed by atoms with van der Waals surface area (Å²) in [5, 5.41) is 6.71. The van der Waals surface area contributed by atoms with Gasteiger partial charge in [-0.2, -0.15) is 0 Å². The molecule has 2 aliphatic rings. The van der Waals surface area contributed by atoms with Crippen molar-refractivity contribution in [3.05, 3.63) is 0 Å².